The van der Waals surface area contributed by atoms with E-state index in [-0.39, 0.29) is 0 Å². The van der Waals surface area contributed by atoms with E-state index in [0.717, 1.165) is 21.2 Å². The number of anilines is 1. The normalized spacial score (nSPS) is 11.1. The smallest absolute Gasteiger partial charge is 0.146 e. The fourth-order valence-electron chi connectivity index (χ4n) is 1.52. The van der Waals surface area contributed by atoms with Gasteiger partial charge >= 0.3 is 0 Å². The van der Waals surface area contributed by atoms with Gasteiger partial charge in [-0.2, -0.15) is 0 Å². The summed E-state index contributed by atoms with van der Waals surface area (Å²) in [6, 6.07) is 0. The van der Waals surface area contributed by atoms with Gasteiger partial charge < -0.3 is 10.3 Å². The largest absolute Gasteiger partial charge is 0.383 e. The zero-order valence-corrected chi connectivity index (χ0v) is 9.88. The average Bonchev–Trinajstić information content (AvgIpc) is 2.31. The van der Waals surface area contributed by atoms with Gasteiger partial charge in [0.1, 0.15) is 17.3 Å². The molecule has 0 unspecified atom stereocenters. The Morgan fingerprint density at radius 1 is 1.29 bits per heavy atom. The quantitative estimate of drug-likeness (QED) is 0.782. The highest BCUT2D eigenvalue weighted by Gasteiger charge is 2.14. The highest BCUT2D eigenvalue weighted by molar-refractivity contribution is 9.10. The first-order valence-corrected chi connectivity index (χ1v) is 5.06. The van der Waals surface area contributed by atoms with Crippen molar-refractivity contribution in [2.75, 3.05) is 5.73 Å². The van der Waals surface area contributed by atoms with Gasteiger partial charge in [0, 0.05) is 12.7 Å². The summed E-state index contributed by atoms with van der Waals surface area (Å²) in [5, 5.41) is 0.899. The second-order valence-electron chi connectivity index (χ2n) is 3.31. The lowest BCUT2D eigenvalue weighted by Crippen LogP contribution is -1.99. The van der Waals surface area contributed by atoms with Gasteiger partial charge in [-0.15, -0.1) is 0 Å². The molecular weight excluding hydrogens is 244 g/mol. The van der Waals surface area contributed by atoms with Crippen LogP contribution >= 0.6 is 15.9 Å². The van der Waals surface area contributed by atoms with Crippen molar-refractivity contribution in [3.05, 3.63) is 16.0 Å². The van der Waals surface area contributed by atoms with Crippen molar-refractivity contribution >= 4 is 32.8 Å². The van der Waals surface area contributed by atoms with E-state index in [1.807, 2.05) is 25.5 Å². The standard InChI is InChI=1S/C9H11BrN4/c1-4-7(10)6-8(11)12-5(2)13-9(6)14(4)3/h1-3H3,(H2,11,12,13). The van der Waals surface area contributed by atoms with Crippen LogP contribution in [-0.2, 0) is 7.05 Å². The highest BCUT2D eigenvalue weighted by atomic mass is 79.9. The van der Waals surface area contributed by atoms with Gasteiger partial charge in [0.05, 0.1) is 9.86 Å². The van der Waals surface area contributed by atoms with Gasteiger partial charge in [-0.25, -0.2) is 9.97 Å². The Labute approximate surface area is 90.3 Å². The Hall–Kier alpha value is -1.10. The molecule has 0 atom stereocenters. The number of hydrogen-bond donors (Lipinski definition) is 1. The van der Waals surface area contributed by atoms with E-state index in [1.54, 1.807) is 0 Å². The van der Waals surface area contributed by atoms with Gasteiger partial charge in [0.2, 0.25) is 0 Å². The van der Waals surface area contributed by atoms with Crippen LogP contribution < -0.4 is 5.73 Å². The molecule has 0 aliphatic heterocycles. The molecular formula is C9H11BrN4. The summed E-state index contributed by atoms with van der Waals surface area (Å²) in [5.41, 5.74) is 7.82. The van der Waals surface area contributed by atoms with Crippen LogP contribution in [0.15, 0.2) is 4.47 Å². The number of nitrogens with zero attached hydrogens (tertiary/aromatic N) is 3. The summed E-state index contributed by atoms with van der Waals surface area (Å²) in [7, 11) is 1.97. The molecule has 4 nitrogen and oxygen atoms in total. The van der Waals surface area contributed by atoms with E-state index in [2.05, 4.69) is 25.9 Å². The Morgan fingerprint density at radius 2 is 1.93 bits per heavy atom. The molecule has 0 aromatic carbocycles. The Morgan fingerprint density at radius 3 is 2.57 bits per heavy atom. The van der Waals surface area contributed by atoms with E-state index in [1.165, 1.54) is 0 Å². The predicted molar refractivity (Wildman–Crippen MR) is 60.1 cm³/mol. The molecule has 0 radical (unpaired) electrons. The van der Waals surface area contributed by atoms with E-state index < -0.39 is 0 Å². The van der Waals surface area contributed by atoms with Crippen LogP contribution in [0.25, 0.3) is 11.0 Å². The topological polar surface area (TPSA) is 56.7 Å². The molecule has 0 saturated heterocycles. The third kappa shape index (κ3) is 1.12. The predicted octanol–water partition coefficient (Wildman–Crippen LogP) is 1.93. The van der Waals surface area contributed by atoms with Gasteiger partial charge in [0.15, 0.2) is 0 Å². The van der Waals surface area contributed by atoms with Crippen molar-refractivity contribution in [1.82, 2.24) is 14.5 Å². The fraction of sp³-hybridized carbons (Fsp3) is 0.333. The first-order valence-electron chi connectivity index (χ1n) is 4.27. The molecule has 2 N–H and O–H groups in total. The molecule has 0 amide bonds. The number of aryl methyl sites for hydroxylation is 2. The first-order chi connectivity index (χ1) is 6.52. The summed E-state index contributed by atoms with van der Waals surface area (Å²) >= 11 is 3.50. The zero-order chi connectivity index (χ0) is 10.5. The summed E-state index contributed by atoms with van der Waals surface area (Å²) in [4.78, 5) is 8.50. The summed E-state index contributed by atoms with van der Waals surface area (Å²) in [6.45, 7) is 3.85. The van der Waals surface area contributed by atoms with Crippen LogP contribution in [0, 0.1) is 13.8 Å². The van der Waals surface area contributed by atoms with Gasteiger partial charge in [-0.3, -0.25) is 0 Å². The number of rotatable bonds is 0. The lowest BCUT2D eigenvalue weighted by atomic mass is 10.3. The second kappa shape index (κ2) is 2.95. The minimum Gasteiger partial charge on any atom is -0.383 e. The number of hydrogen-bond acceptors (Lipinski definition) is 3. The molecule has 74 valence electrons. The highest BCUT2D eigenvalue weighted by Crippen LogP contribution is 2.31. The second-order valence-corrected chi connectivity index (χ2v) is 4.11. The molecule has 5 heteroatoms. The van der Waals surface area contributed by atoms with Crippen molar-refractivity contribution < 1.29 is 0 Å². The summed E-state index contributed by atoms with van der Waals surface area (Å²) < 4.78 is 2.98. The molecule has 14 heavy (non-hydrogen) atoms. The lowest BCUT2D eigenvalue weighted by Gasteiger charge is -1.99. The molecule has 0 aliphatic rings. The van der Waals surface area contributed by atoms with Crippen LogP contribution in [-0.4, -0.2) is 14.5 Å². The molecule has 0 aliphatic carbocycles. The van der Waals surface area contributed by atoms with E-state index >= 15 is 0 Å². The van der Waals surface area contributed by atoms with Gasteiger partial charge in [-0.05, 0) is 29.8 Å². The summed E-state index contributed by atoms with van der Waals surface area (Å²) in [5.74, 6) is 1.23. The van der Waals surface area contributed by atoms with Crippen molar-refractivity contribution in [3.63, 3.8) is 0 Å². The van der Waals surface area contributed by atoms with Crippen molar-refractivity contribution in [2.24, 2.45) is 7.05 Å². The SMILES string of the molecule is Cc1nc(N)c2c(Br)c(C)n(C)c2n1. The number of aromatic nitrogens is 3. The van der Waals surface area contributed by atoms with Crippen LogP contribution in [0.1, 0.15) is 11.5 Å². The van der Waals surface area contributed by atoms with Crippen molar-refractivity contribution in [2.45, 2.75) is 13.8 Å². The van der Waals surface area contributed by atoms with Crippen LogP contribution in [0.2, 0.25) is 0 Å². The lowest BCUT2D eigenvalue weighted by molar-refractivity contribution is 0.890. The van der Waals surface area contributed by atoms with E-state index in [4.69, 9.17) is 5.73 Å². The minimum absolute atomic E-state index is 0.531. The fourth-order valence-corrected chi connectivity index (χ4v) is 2.17. The maximum absolute atomic E-state index is 5.85. The molecule has 0 saturated carbocycles. The van der Waals surface area contributed by atoms with Crippen LogP contribution in [0.5, 0.6) is 0 Å². The van der Waals surface area contributed by atoms with Crippen molar-refractivity contribution in [3.8, 4) is 0 Å². The summed E-state index contributed by atoms with van der Waals surface area (Å²) in [6.07, 6.45) is 0. The van der Waals surface area contributed by atoms with Crippen LogP contribution in [0.3, 0.4) is 0 Å². The molecule has 0 spiro atoms. The van der Waals surface area contributed by atoms with Gasteiger partial charge in [0.25, 0.3) is 0 Å². The van der Waals surface area contributed by atoms with E-state index in [9.17, 15) is 0 Å². The molecule has 2 aromatic heterocycles. The third-order valence-electron chi connectivity index (χ3n) is 2.39. The molecule has 2 heterocycles. The number of nitrogens with two attached hydrogens (primary N) is 1. The Balaban J connectivity index is 3.02. The Kier molecular flexibility index (Phi) is 1.99. The third-order valence-corrected chi connectivity index (χ3v) is 3.36. The number of fused-ring (bicyclic) bond motifs is 1. The van der Waals surface area contributed by atoms with Gasteiger partial charge in [-0.1, -0.05) is 0 Å². The zero-order valence-electron chi connectivity index (χ0n) is 8.30. The molecule has 2 rings (SSSR count). The average molecular weight is 255 g/mol. The maximum Gasteiger partial charge on any atom is 0.146 e. The molecule has 0 fully saturated rings. The van der Waals surface area contributed by atoms with Crippen molar-refractivity contribution in [1.29, 1.82) is 0 Å². The van der Waals surface area contributed by atoms with E-state index in [0.29, 0.717) is 11.6 Å². The monoisotopic (exact) mass is 254 g/mol. The number of halogens is 1. The molecule has 0 bridgehead atoms. The number of nitrogen functional groups attached to an aromatic ring is 1. The minimum atomic E-state index is 0.531. The van der Waals surface area contributed by atoms with Crippen LogP contribution in [0.4, 0.5) is 5.82 Å². The first kappa shape index (κ1) is 9.45. The maximum atomic E-state index is 5.85. The Bertz CT molecular complexity index is 515. The molecule has 2 aromatic rings.